The molecule has 1 fully saturated rings. The Morgan fingerprint density at radius 2 is 1.46 bits per heavy atom. The summed E-state index contributed by atoms with van der Waals surface area (Å²) in [5.74, 6) is -0.257. The molecule has 1 aliphatic heterocycles. The average molecular weight is 391 g/mol. The van der Waals surface area contributed by atoms with Gasteiger partial charge in [0.2, 0.25) is 0 Å². The smallest absolute Gasteiger partial charge is 0.319 e. The third kappa shape index (κ3) is 3.39. The van der Waals surface area contributed by atoms with Gasteiger partial charge in [-0.3, -0.25) is 9.69 Å². The molecular formula is C23H19ClN2O2. The Morgan fingerprint density at radius 3 is 2.14 bits per heavy atom. The molecule has 3 aromatic carbocycles. The van der Waals surface area contributed by atoms with Crippen molar-refractivity contribution in [3.63, 3.8) is 0 Å². The van der Waals surface area contributed by atoms with Crippen molar-refractivity contribution in [2.24, 2.45) is 0 Å². The van der Waals surface area contributed by atoms with Crippen LogP contribution in [0.2, 0.25) is 5.02 Å². The van der Waals surface area contributed by atoms with Crippen LogP contribution in [-0.4, -0.2) is 16.8 Å². The summed E-state index contributed by atoms with van der Waals surface area (Å²) in [5.41, 5.74) is 1.42. The van der Waals surface area contributed by atoms with E-state index in [0.29, 0.717) is 11.4 Å². The Kier molecular flexibility index (Phi) is 4.88. The number of imide groups is 1. The Bertz CT molecular complexity index is 1010. The van der Waals surface area contributed by atoms with Crippen molar-refractivity contribution in [2.45, 2.75) is 18.5 Å². The van der Waals surface area contributed by atoms with Crippen LogP contribution in [0.3, 0.4) is 0 Å². The summed E-state index contributed by atoms with van der Waals surface area (Å²) in [7, 11) is 0. The van der Waals surface area contributed by atoms with Crippen molar-refractivity contribution in [2.75, 3.05) is 0 Å². The average Bonchev–Trinajstić information content (AvgIpc) is 2.94. The van der Waals surface area contributed by atoms with Gasteiger partial charge in [-0.05, 0) is 28.8 Å². The van der Waals surface area contributed by atoms with E-state index in [1.807, 2.05) is 72.8 Å². The lowest BCUT2D eigenvalue weighted by molar-refractivity contribution is -0.132. The Balaban J connectivity index is 1.72. The van der Waals surface area contributed by atoms with Crippen LogP contribution in [0.4, 0.5) is 4.79 Å². The van der Waals surface area contributed by atoms with Gasteiger partial charge >= 0.3 is 6.03 Å². The molecule has 1 heterocycles. The molecule has 140 valence electrons. The number of benzene rings is 3. The first-order valence-electron chi connectivity index (χ1n) is 9.06. The Morgan fingerprint density at radius 1 is 0.821 bits per heavy atom. The molecule has 0 unspecified atom stereocenters. The van der Waals surface area contributed by atoms with Crippen LogP contribution in [0.25, 0.3) is 0 Å². The van der Waals surface area contributed by atoms with Gasteiger partial charge in [-0.25, -0.2) is 4.79 Å². The first kappa shape index (κ1) is 18.3. The van der Waals surface area contributed by atoms with E-state index in [-0.39, 0.29) is 12.5 Å². The van der Waals surface area contributed by atoms with Gasteiger partial charge in [0.1, 0.15) is 0 Å². The molecule has 3 amide bonds. The van der Waals surface area contributed by atoms with Crippen molar-refractivity contribution in [1.29, 1.82) is 0 Å². The topological polar surface area (TPSA) is 49.4 Å². The molecule has 4 nitrogen and oxygen atoms in total. The molecule has 0 aromatic heterocycles. The summed E-state index contributed by atoms with van der Waals surface area (Å²) < 4.78 is 0. The summed E-state index contributed by atoms with van der Waals surface area (Å²) in [6, 6.07) is 25.9. The predicted octanol–water partition coefficient (Wildman–Crippen LogP) is 4.53. The quantitative estimate of drug-likeness (QED) is 0.650. The van der Waals surface area contributed by atoms with Gasteiger partial charge in [-0.2, -0.15) is 0 Å². The summed E-state index contributed by atoms with van der Waals surface area (Å²) in [4.78, 5) is 27.6. The highest BCUT2D eigenvalue weighted by Crippen LogP contribution is 2.33. The maximum absolute atomic E-state index is 13.5. The molecule has 1 saturated heterocycles. The molecule has 0 spiro atoms. The number of hydrogen-bond donors (Lipinski definition) is 1. The fourth-order valence-corrected chi connectivity index (χ4v) is 3.84. The SMILES string of the molecule is O=C1N[C@](Cc2ccccc2)(c2ccccc2)C(=O)N1Cc1cccc(Cl)c1. The van der Waals surface area contributed by atoms with E-state index in [4.69, 9.17) is 11.6 Å². The number of hydrogen-bond acceptors (Lipinski definition) is 2. The van der Waals surface area contributed by atoms with E-state index in [1.54, 1.807) is 12.1 Å². The van der Waals surface area contributed by atoms with Crippen molar-refractivity contribution >= 4 is 23.5 Å². The lowest BCUT2D eigenvalue weighted by Crippen LogP contribution is -2.46. The van der Waals surface area contributed by atoms with Crippen molar-refractivity contribution in [3.8, 4) is 0 Å². The number of carbonyl (C=O) groups excluding carboxylic acids is 2. The summed E-state index contributed by atoms with van der Waals surface area (Å²) in [6.45, 7) is 0.175. The molecule has 0 radical (unpaired) electrons. The van der Waals surface area contributed by atoms with E-state index < -0.39 is 11.6 Å². The van der Waals surface area contributed by atoms with Gasteiger partial charge in [-0.15, -0.1) is 0 Å². The highest BCUT2D eigenvalue weighted by molar-refractivity contribution is 6.30. The van der Waals surface area contributed by atoms with Gasteiger partial charge < -0.3 is 5.32 Å². The van der Waals surface area contributed by atoms with E-state index in [1.165, 1.54) is 4.90 Å². The molecule has 1 atom stereocenters. The fraction of sp³-hybridized carbons (Fsp3) is 0.130. The maximum Gasteiger partial charge on any atom is 0.325 e. The van der Waals surface area contributed by atoms with Gasteiger partial charge in [0.25, 0.3) is 5.91 Å². The van der Waals surface area contributed by atoms with Crippen LogP contribution in [0.5, 0.6) is 0 Å². The molecule has 4 rings (SSSR count). The molecule has 0 aliphatic carbocycles. The monoisotopic (exact) mass is 390 g/mol. The van der Waals surface area contributed by atoms with E-state index in [0.717, 1.165) is 16.7 Å². The standard InChI is InChI=1S/C23H19ClN2O2/c24-20-13-7-10-18(14-20)16-26-21(27)23(25-22(26)28,19-11-5-2-6-12-19)15-17-8-3-1-4-9-17/h1-14H,15-16H2,(H,25,28)/t23-/m1/s1. The molecule has 1 N–H and O–H groups in total. The Hall–Kier alpha value is -3.11. The zero-order chi connectivity index (χ0) is 19.6. The zero-order valence-electron chi connectivity index (χ0n) is 15.1. The minimum atomic E-state index is -1.13. The van der Waals surface area contributed by atoms with Crippen LogP contribution in [0.15, 0.2) is 84.9 Å². The first-order chi connectivity index (χ1) is 13.6. The lowest BCUT2D eigenvalue weighted by Gasteiger charge is -2.27. The number of halogens is 1. The highest BCUT2D eigenvalue weighted by atomic mass is 35.5. The number of amides is 3. The molecule has 3 aromatic rings. The summed E-state index contributed by atoms with van der Waals surface area (Å²) in [6.07, 6.45) is 0.383. The second kappa shape index (κ2) is 7.49. The number of rotatable bonds is 5. The fourth-order valence-electron chi connectivity index (χ4n) is 3.63. The third-order valence-corrected chi connectivity index (χ3v) is 5.22. The highest BCUT2D eigenvalue weighted by Gasteiger charge is 2.52. The second-order valence-electron chi connectivity index (χ2n) is 6.89. The predicted molar refractivity (Wildman–Crippen MR) is 109 cm³/mol. The van der Waals surface area contributed by atoms with Crippen LogP contribution in [0, 0.1) is 0 Å². The van der Waals surface area contributed by atoms with Crippen LogP contribution >= 0.6 is 11.6 Å². The van der Waals surface area contributed by atoms with Crippen molar-refractivity contribution in [3.05, 3.63) is 107 Å². The van der Waals surface area contributed by atoms with Gasteiger partial charge in [0.05, 0.1) is 6.54 Å². The Labute approximate surface area is 168 Å². The molecule has 5 heteroatoms. The largest absolute Gasteiger partial charge is 0.325 e. The van der Waals surface area contributed by atoms with Crippen LogP contribution in [-0.2, 0) is 23.3 Å². The minimum Gasteiger partial charge on any atom is -0.319 e. The van der Waals surface area contributed by atoms with E-state index in [9.17, 15) is 9.59 Å². The summed E-state index contributed by atoms with van der Waals surface area (Å²) >= 11 is 6.06. The molecule has 28 heavy (non-hydrogen) atoms. The third-order valence-electron chi connectivity index (χ3n) is 4.98. The van der Waals surface area contributed by atoms with Gasteiger partial charge in [0, 0.05) is 11.4 Å². The number of urea groups is 1. The minimum absolute atomic E-state index is 0.175. The van der Waals surface area contributed by atoms with Crippen molar-refractivity contribution in [1.82, 2.24) is 10.2 Å². The summed E-state index contributed by atoms with van der Waals surface area (Å²) in [5, 5.41) is 3.54. The molecule has 0 bridgehead atoms. The number of nitrogens with zero attached hydrogens (tertiary/aromatic N) is 1. The van der Waals surface area contributed by atoms with E-state index in [2.05, 4.69) is 5.32 Å². The van der Waals surface area contributed by atoms with Gasteiger partial charge in [0.15, 0.2) is 5.54 Å². The van der Waals surface area contributed by atoms with Crippen molar-refractivity contribution < 1.29 is 9.59 Å². The lowest BCUT2D eigenvalue weighted by atomic mass is 9.83. The van der Waals surface area contributed by atoms with E-state index >= 15 is 0 Å². The number of carbonyl (C=O) groups is 2. The normalized spacial score (nSPS) is 19.0. The second-order valence-corrected chi connectivity index (χ2v) is 7.32. The van der Waals surface area contributed by atoms with Crippen LogP contribution < -0.4 is 5.32 Å². The maximum atomic E-state index is 13.5. The first-order valence-corrected chi connectivity index (χ1v) is 9.44. The zero-order valence-corrected chi connectivity index (χ0v) is 15.9. The number of nitrogens with one attached hydrogen (secondary N) is 1. The molecule has 1 aliphatic rings. The van der Waals surface area contributed by atoms with Crippen LogP contribution in [0.1, 0.15) is 16.7 Å². The van der Waals surface area contributed by atoms with Gasteiger partial charge in [-0.1, -0.05) is 84.4 Å². The molecular weight excluding hydrogens is 372 g/mol. The molecule has 0 saturated carbocycles.